The summed E-state index contributed by atoms with van der Waals surface area (Å²) in [6.07, 6.45) is 0. The van der Waals surface area contributed by atoms with Gasteiger partial charge in [-0.2, -0.15) is 0 Å². The van der Waals surface area contributed by atoms with Gasteiger partial charge in [0.25, 0.3) is 0 Å². The smallest absolute Gasteiger partial charge is 0.202 e. The lowest BCUT2D eigenvalue weighted by molar-refractivity contribution is 0.0920. The molecule has 0 aliphatic rings. The van der Waals surface area contributed by atoms with Gasteiger partial charge < -0.3 is 4.74 Å². The molecule has 0 atom stereocenters. The second-order valence-corrected chi connectivity index (χ2v) is 6.43. The Balaban J connectivity index is 2.06. The van der Waals surface area contributed by atoms with Gasteiger partial charge in [-0.25, -0.2) is 4.39 Å². The summed E-state index contributed by atoms with van der Waals surface area (Å²) >= 11 is 12.7. The molecule has 0 bridgehead atoms. The molecule has 0 unspecified atom stereocenters. The minimum absolute atomic E-state index is 0.0265. The Morgan fingerprint density at radius 1 is 1.24 bits per heavy atom. The second-order valence-electron chi connectivity index (χ2n) is 4.15. The fourth-order valence-electron chi connectivity index (χ4n) is 1.63. The van der Waals surface area contributed by atoms with Gasteiger partial charge in [0.1, 0.15) is 15.9 Å². The van der Waals surface area contributed by atoms with Crippen LogP contribution in [0.3, 0.4) is 0 Å². The molecule has 1 aromatic carbocycles. The maximum Gasteiger partial charge on any atom is 0.202 e. The van der Waals surface area contributed by atoms with Crippen molar-refractivity contribution in [1.29, 1.82) is 0 Å². The Morgan fingerprint density at radius 3 is 2.48 bits per heavy atom. The molecule has 0 amide bonds. The second kappa shape index (κ2) is 6.56. The highest BCUT2D eigenvalue weighted by molar-refractivity contribution is 7.20. The van der Waals surface area contributed by atoms with Gasteiger partial charge in [0, 0.05) is 6.07 Å². The van der Waals surface area contributed by atoms with Gasteiger partial charge in [0.15, 0.2) is 12.4 Å². The summed E-state index contributed by atoms with van der Waals surface area (Å²) in [5.41, 5.74) is 0.244. The maximum absolute atomic E-state index is 13.6. The zero-order valence-corrected chi connectivity index (χ0v) is 13.1. The number of Topliss-reactive ketones (excluding diaryl/α,β-unsaturated/α-hetero) is 2. The van der Waals surface area contributed by atoms with Crippen LogP contribution in [0.1, 0.15) is 27.6 Å². The third kappa shape index (κ3) is 3.81. The molecular formula is C14H9Cl2FO3S. The topological polar surface area (TPSA) is 43.4 Å². The van der Waals surface area contributed by atoms with Crippen molar-refractivity contribution >= 4 is 46.1 Å². The van der Waals surface area contributed by atoms with Crippen LogP contribution in [0.4, 0.5) is 4.39 Å². The summed E-state index contributed by atoms with van der Waals surface area (Å²) in [6, 6.07) is 5.26. The number of ketones is 2. The molecule has 2 aromatic rings. The zero-order chi connectivity index (χ0) is 15.6. The van der Waals surface area contributed by atoms with Gasteiger partial charge >= 0.3 is 0 Å². The van der Waals surface area contributed by atoms with Crippen molar-refractivity contribution in [2.45, 2.75) is 6.92 Å². The van der Waals surface area contributed by atoms with E-state index in [9.17, 15) is 14.0 Å². The molecule has 0 saturated carbocycles. The van der Waals surface area contributed by atoms with E-state index in [1.807, 2.05) is 0 Å². The molecule has 21 heavy (non-hydrogen) atoms. The number of thiophene rings is 1. The fourth-order valence-corrected chi connectivity index (χ4v) is 3.13. The Labute approximate surface area is 134 Å². The minimum atomic E-state index is -0.691. The summed E-state index contributed by atoms with van der Waals surface area (Å²) in [5, 5.41) is 0. The first-order valence-corrected chi connectivity index (χ1v) is 7.37. The fraction of sp³-hybridized carbons (Fsp3) is 0.143. The molecule has 110 valence electrons. The summed E-state index contributed by atoms with van der Waals surface area (Å²) in [7, 11) is 0. The molecule has 1 aromatic heterocycles. The van der Waals surface area contributed by atoms with Crippen LogP contribution in [0.2, 0.25) is 8.67 Å². The van der Waals surface area contributed by atoms with E-state index in [-0.39, 0.29) is 39.4 Å². The summed E-state index contributed by atoms with van der Waals surface area (Å²) in [4.78, 5) is 23.0. The number of hydrogen-bond acceptors (Lipinski definition) is 4. The van der Waals surface area contributed by atoms with Gasteiger partial charge in [0.05, 0.1) is 15.5 Å². The monoisotopic (exact) mass is 346 g/mol. The summed E-state index contributed by atoms with van der Waals surface area (Å²) in [5.74, 6) is -1.28. The first-order valence-electron chi connectivity index (χ1n) is 5.80. The molecule has 1 heterocycles. The van der Waals surface area contributed by atoms with E-state index in [4.69, 9.17) is 27.9 Å². The van der Waals surface area contributed by atoms with Crippen LogP contribution in [0.15, 0.2) is 24.3 Å². The number of halogens is 3. The average Bonchev–Trinajstić information content (AvgIpc) is 2.74. The number of benzene rings is 1. The lowest BCUT2D eigenvalue weighted by Gasteiger charge is -2.06. The predicted molar refractivity (Wildman–Crippen MR) is 80.6 cm³/mol. The molecule has 2 rings (SSSR count). The van der Waals surface area contributed by atoms with Crippen LogP contribution in [0.25, 0.3) is 0 Å². The van der Waals surface area contributed by atoms with Gasteiger partial charge in [0.2, 0.25) is 5.78 Å². The number of hydrogen-bond donors (Lipinski definition) is 0. The molecule has 3 nitrogen and oxygen atoms in total. The van der Waals surface area contributed by atoms with Crippen molar-refractivity contribution in [2.75, 3.05) is 6.61 Å². The Morgan fingerprint density at radius 2 is 1.95 bits per heavy atom. The van der Waals surface area contributed by atoms with E-state index < -0.39 is 5.82 Å². The van der Waals surface area contributed by atoms with E-state index in [0.29, 0.717) is 4.34 Å². The molecule has 0 aliphatic heterocycles. The highest BCUT2D eigenvalue weighted by Crippen LogP contribution is 2.31. The van der Waals surface area contributed by atoms with Gasteiger partial charge in [-0.1, -0.05) is 23.2 Å². The standard InChI is InChI=1S/C14H9Cl2FO3S/c1-7(18)9-3-2-8(4-11(9)17)20-6-12(19)10-5-13(15)21-14(10)16/h2-5H,6H2,1H3. The highest BCUT2D eigenvalue weighted by atomic mass is 35.5. The molecule has 0 saturated heterocycles. The van der Waals surface area contributed by atoms with Crippen molar-refractivity contribution in [1.82, 2.24) is 0 Å². The van der Waals surface area contributed by atoms with E-state index in [2.05, 4.69) is 0 Å². The van der Waals surface area contributed by atoms with Crippen molar-refractivity contribution in [3.63, 3.8) is 0 Å². The van der Waals surface area contributed by atoms with E-state index in [0.717, 1.165) is 17.4 Å². The number of ether oxygens (including phenoxy) is 1. The minimum Gasteiger partial charge on any atom is -0.485 e. The van der Waals surface area contributed by atoms with Crippen molar-refractivity contribution in [2.24, 2.45) is 0 Å². The molecule has 0 N–H and O–H groups in total. The van der Waals surface area contributed by atoms with E-state index >= 15 is 0 Å². The normalized spacial score (nSPS) is 10.5. The van der Waals surface area contributed by atoms with Crippen molar-refractivity contribution < 1.29 is 18.7 Å². The predicted octanol–water partition coefficient (Wildman–Crippen LogP) is 4.66. The van der Waals surface area contributed by atoms with Gasteiger partial charge in [-0.05, 0) is 25.1 Å². The average molecular weight is 347 g/mol. The largest absolute Gasteiger partial charge is 0.485 e. The van der Waals surface area contributed by atoms with Crippen LogP contribution < -0.4 is 4.74 Å². The highest BCUT2D eigenvalue weighted by Gasteiger charge is 2.15. The Bertz CT molecular complexity index is 712. The van der Waals surface area contributed by atoms with Crippen LogP contribution in [0.5, 0.6) is 5.75 Å². The molecule has 0 fully saturated rings. The third-order valence-electron chi connectivity index (χ3n) is 2.65. The molecule has 0 aliphatic carbocycles. The van der Waals surface area contributed by atoms with Crippen molar-refractivity contribution in [3.05, 3.63) is 49.9 Å². The van der Waals surface area contributed by atoms with Crippen LogP contribution in [-0.4, -0.2) is 18.2 Å². The third-order valence-corrected chi connectivity index (χ3v) is 4.13. The number of carbonyl (C=O) groups excluding carboxylic acids is 2. The molecular weight excluding hydrogens is 338 g/mol. The van der Waals surface area contributed by atoms with Crippen LogP contribution in [0, 0.1) is 5.82 Å². The first-order chi connectivity index (χ1) is 9.88. The first kappa shape index (κ1) is 15.9. The number of carbonyl (C=O) groups is 2. The molecule has 0 radical (unpaired) electrons. The number of rotatable bonds is 5. The SMILES string of the molecule is CC(=O)c1ccc(OCC(=O)c2cc(Cl)sc2Cl)cc1F. The lowest BCUT2D eigenvalue weighted by Crippen LogP contribution is -2.11. The zero-order valence-electron chi connectivity index (χ0n) is 10.8. The van der Waals surface area contributed by atoms with Gasteiger partial charge in [-0.15, -0.1) is 11.3 Å². The maximum atomic E-state index is 13.6. The quantitative estimate of drug-likeness (QED) is 0.739. The van der Waals surface area contributed by atoms with E-state index in [1.165, 1.54) is 25.1 Å². The molecule has 0 spiro atoms. The van der Waals surface area contributed by atoms with Crippen LogP contribution >= 0.6 is 34.5 Å². The van der Waals surface area contributed by atoms with Crippen molar-refractivity contribution in [3.8, 4) is 5.75 Å². The Hall–Kier alpha value is -1.43. The van der Waals surface area contributed by atoms with Gasteiger partial charge in [-0.3, -0.25) is 9.59 Å². The lowest BCUT2D eigenvalue weighted by atomic mass is 10.1. The van der Waals surface area contributed by atoms with Crippen LogP contribution in [-0.2, 0) is 0 Å². The summed E-state index contributed by atoms with van der Waals surface area (Å²) < 4.78 is 19.5. The summed E-state index contributed by atoms with van der Waals surface area (Å²) in [6.45, 7) is 0.969. The van der Waals surface area contributed by atoms with E-state index in [1.54, 1.807) is 0 Å². The molecule has 7 heteroatoms. The Kier molecular flexibility index (Phi) is 4.98.